The number of aromatic nitrogens is 7. The maximum absolute atomic E-state index is 13.2. The summed E-state index contributed by atoms with van der Waals surface area (Å²) in [5.74, 6) is 0.211. The van der Waals surface area contributed by atoms with E-state index in [0.717, 1.165) is 10.6 Å². The average molecular weight is 363 g/mol. The molecular formula is C15H12F3N7O. The first kappa shape index (κ1) is 16.2. The van der Waals surface area contributed by atoms with Gasteiger partial charge >= 0.3 is 6.18 Å². The predicted molar refractivity (Wildman–Crippen MR) is 83.0 cm³/mol. The Hall–Kier alpha value is -3.24. The Labute approximate surface area is 144 Å². The fourth-order valence-corrected chi connectivity index (χ4v) is 2.65. The van der Waals surface area contributed by atoms with E-state index in [0.29, 0.717) is 11.3 Å². The lowest BCUT2D eigenvalue weighted by Gasteiger charge is -2.08. The highest BCUT2D eigenvalue weighted by atomic mass is 19.4. The van der Waals surface area contributed by atoms with Crippen molar-refractivity contribution in [2.45, 2.75) is 20.0 Å². The molecule has 0 saturated carbocycles. The number of fused-ring (bicyclic) bond motifs is 1. The van der Waals surface area contributed by atoms with Gasteiger partial charge in [-0.25, -0.2) is 9.50 Å². The van der Waals surface area contributed by atoms with E-state index < -0.39 is 11.9 Å². The third-order valence-corrected chi connectivity index (χ3v) is 3.73. The van der Waals surface area contributed by atoms with Crippen LogP contribution in [0.1, 0.15) is 17.1 Å². The molecule has 0 radical (unpaired) electrons. The number of rotatable bonds is 2. The van der Waals surface area contributed by atoms with Crippen LogP contribution in [-0.4, -0.2) is 34.6 Å². The molecule has 0 spiro atoms. The van der Waals surface area contributed by atoms with Crippen molar-refractivity contribution in [2.24, 2.45) is 7.05 Å². The summed E-state index contributed by atoms with van der Waals surface area (Å²) < 4.78 is 47.6. The highest BCUT2D eigenvalue weighted by Gasteiger charge is 2.35. The highest BCUT2D eigenvalue weighted by molar-refractivity contribution is 5.60. The Kier molecular flexibility index (Phi) is 3.36. The van der Waals surface area contributed by atoms with Crippen molar-refractivity contribution in [1.82, 2.24) is 34.6 Å². The van der Waals surface area contributed by atoms with Crippen LogP contribution in [0.15, 0.2) is 22.7 Å². The van der Waals surface area contributed by atoms with Crippen LogP contribution in [0.5, 0.6) is 0 Å². The van der Waals surface area contributed by atoms with Gasteiger partial charge in [0.1, 0.15) is 5.69 Å². The van der Waals surface area contributed by atoms with Gasteiger partial charge in [-0.15, -0.1) is 10.2 Å². The normalized spacial score (nSPS) is 12.2. The van der Waals surface area contributed by atoms with Crippen molar-refractivity contribution in [1.29, 1.82) is 0 Å². The van der Waals surface area contributed by atoms with Crippen LogP contribution in [0.25, 0.3) is 28.7 Å². The van der Waals surface area contributed by atoms with Crippen molar-refractivity contribution in [2.75, 3.05) is 0 Å². The van der Waals surface area contributed by atoms with Gasteiger partial charge in [-0.1, -0.05) is 0 Å². The van der Waals surface area contributed by atoms with Gasteiger partial charge < -0.3 is 4.42 Å². The summed E-state index contributed by atoms with van der Waals surface area (Å²) in [4.78, 5) is 4.08. The minimum Gasteiger partial charge on any atom is -0.414 e. The van der Waals surface area contributed by atoms with Crippen molar-refractivity contribution < 1.29 is 17.6 Å². The van der Waals surface area contributed by atoms with Crippen molar-refractivity contribution in [3.8, 4) is 23.0 Å². The Morgan fingerprint density at radius 3 is 2.42 bits per heavy atom. The van der Waals surface area contributed by atoms with E-state index in [1.54, 1.807) is 24.9 Å². The molecule has 4 aromatic heterocycles. The topological polar surface area (TPSA) is 86.9 Å². The quantitative estimate of drug-likeness (QED) is 0.544. The molecule has 0 atom stereocenters. The van der Waals surface area contributed by atoms with Gasteiger partial charge in [0, 0.05) is 25.0 Å². The molecule has 0 aliphatic carbocycles. The molecule has 0 bridgehead atoms. The smallest absolute Gasteiger partial charge is 0.414 e. The van der Waals surface area contributed by atoms with Crippen LogP contribution in [-0.2, 0) is 13.2 Å². The summed E-state index contributed by atoms with van der Waals surface area (Å²) in [6, 6.07) is 2.30. The lowest BCUT2D eigenvalue weighted by molar-refractivity contribution is -0.142. The van der Waals surface area contributed by atoms with E-state index in [4.69, 9.17) is 4.42 Å². The van der Waals surface area contributed by atoms with E-state index in [2.05, 4.69) is 25.4 Å². The largest absolute Gasteiger partial charge is 0.433 e. The van der Waals surface area contributed by atoms with Gasteiger partial charge in [0.2, 0.25) is 0 Å². The lowest BCUT2D eigenvalue weighted by Crippen LogP contribution is -2.13. The van der Waals surface area contributed by atoms with Crippen molar-refractivity contribution in [3.63, 3.8) is 0 Å². The summed E-state index contributed by atoms with van der Waals surface area (Å²) in [5, 5.41) is 15.9. The Morgan fingerprint density at radius 1 is 1.04 bits per heavy atom. The number of halogens is 3. The zero-order valence-electron chi connectivity index (χ0n) is 13.9. The van der Waals surface area contributed by atoms with E-state index in [1.165, 1.54) is 13.0 Å². The molecule has 0 amide bonds. The first-order chi connectivity index (χ1) is 12.2. The average Bonchev–Trinajstić information content (AvgIpc) is 3.22. The summed E-state index contributed by atoms with van der Waals surface area (Å²) in [7, 11) is 1.75. The molecule has 0 saturated heterocycles. The van der Waals surface area contributed by atoms with Gasteiger partial charge in [-0.05, 0) is 19.9 Å². The summed E-state index contributed by atoms with van der Waals surface area (Å²) >= 11 is 0. The van der Waals surface area contributed by atoms with Crippen LogP contribution in [0.3, 0.4) is 0 Å². The maximum Gasteiger partial charge on any atom is 0.433 e. The minimum atomic E-state index is -4.57. The summed E-state index contributed by atoms with van der Waals surface area (Å²) in [5.41, 5.74) is 0.787. The molecule has 0 aliphatic rings. The van der Waals surface area contributed by atoms with E-state index in [1.807, 2.05) is 0 Å². The molecule has 26 heavy (non-hydrogen) atoms. The number of aryl methyl sites for hydroxylation is 3. The molecule has 0 aromatic carbocycles. The van der Waals surface area contributed by atoms with Crippen LogP contribution in [0.2, 0.25) is 0 Å². The SMILES string of the molecule is Cc1cc(C(F)(F)F)n2nc(-c3nnc(-c4cn(C)nc4C)o3)cc2n1. The monoisotopic (exact) mass is 363 g/mol. The molecule has 0 unspecified atom stereocenters. The fraction of sp³-hybridized carbons (Fsp3) is 0.267. The van der Waals surface area contributed by atoms with Crippen molar-refractivity contribution >= 4 is 5.65 Å². The van der Waals surface area contributed by atoms with Crippen LogP contribution >= 0.6 is 0 Å². The van der Waals surface area contributed by atoms with Gasteiger partial charge in [-0.2, -0.15) is 23.4 Å². The molecule has 8 nitrogen and oxygen atoms in total. The molecule has 0 N–H and O–H groups in total. The number of hydrogen-bond acceptors (Lipinski definition) is 6. The third kappa shape index (κ3) is 2.61. The molecule has 4 heterocycles. The first-order valence-corrected chi connectivity index (χ1v) is 7.51. The van der Waals surface area contributed by atoms with Crippen LogP contribution < -0.4 is 0 Å². The first-order valence-electron chi connectivity index (χ1n) is 7.51. The standard InChI is InChI=1S/C15H12F3N7O/c1-7-4-11(15(16,17)18)25-12(19-7)5-10(23-25)14-21-20-13(26-14)9-6-24(3)22-8(9)2/h4-6H,1-3H3. The zero-order valence-corrected chi connectivity index (χ0v) is 13.9. The van der Waals surface area contributed by atoms with Gasteiger partial charge in [0.05, 0.1) is 11.3 Å². The Bertz CT molecular complexity index is 1120. The lowest BCUT2D eigenvalue weighted by atomic mass is 10.3. The predicted octanol–water partition coefficient (Wildman–Crippen LogP) is 2.82. The Balaban J connectivity index is 1.82. The molecule has 11 heteroatoms. The summed E-state index contributed by atoms with van der Waals surface area (Å²) in [6.45, 7) is 3.27. The minimum absolute atomic E-state index is 0.000435. The summed E-state index contributed by atoms with van der Waals surface area (Å²) in [6.07, 6.45) is -2.86. The molecule has 0 fully saturated rings. The van der Waals surface area contributed by atoms with Crippen LogP contribution in [0, 0.1) is 13.8 Å². The second-order valence-electron chi connectivity index (χ2n) is 5.79. The number of nitrogens with zero attached hydrogens (tertiary/aromatic N) is 7. The van der Waals surface area contributed by atoms with E-state index in [9.17, 15) is 13.2 Å². The molecule has 4 rings (SSSR count). The van der Waals surface area contributed by atoms with Gasteiger partial charge in [-0.3, -0.25) is 4.68 Å². The van der Waals surface area contributed by atoms with Crippen molar-refractivity contribution in [3.05, 3.63) is 35.4 Å². The molecular weight excluding hydrogens is 351 g/mol. The van der Waals surface area contributed by atoms with E-state index in [-0.39, 0.29) is 28.8 Å². The van der Waals surface area contributed by atoms with Gasteiger partial charge in [0.15, 0.2) is 11.3 Å². The second-order valence-corrected chi connectivity index (χ2v) is 5.79. The fourth-order valence-electron chi connectivity index (χ4n) is 2.65. The zero-order chi connectivity index (χ0) is 18.6. The maximum atomic E-state index is 13.2. The number of hydrogen-bond donors (Lipinski definition) is 0. The second kappa shape index (κ2) is 5.38. The molecule has 4 aromatic rings. The highest BCUT2D eigenvalue weighted by Crippen LogP contribution is 2.31. The molecule has 134 valence electrons. The third-order valence-electron chi connectivity index (χ3n) is 3.73. The van der Waals surface area contributed by atoms with Crippen LogP contribution in [0.4, 0.5) is 13.2 Å². The van der Waals surface area contributed by atoms with E-state index >= 15 is 0 Å². The molecule has 0 aliphatic heterocycles. The Morgan fingerprint density at radius 2 is 1.77 bits per heavy atom. The van der Waals surface area contributed by atoms with Gasteiger partial charge in [0.25, 0.3) is 11.8 Å². The number of alkyl halides is 3.